The summed E-state index contributed by atoms with van der Waals surface area (Å²) in [6, 6.07) is 0.617. The van der Waals surface area contributed by atoms with Crippen LogP contribution in [0.15, 0.2) is 12.3 Å². The van der Waals surface area contributed by atoms with E-state index in [0.29, 0.717) is 6.04 Å². The van der Waals surface area contributed by atoms with Crippen LogP contribution in [0.2, 0.25) is 0 Å². The monoisotopic (exact) mass is 155 g/mol. The lowest BCUT2D eigenvalue weighted by Crippen LogP contribution is -2.29. The predicted molar refractivity (Wildman–Crippen MR) is 46.4 cm³/mol. The molecule has 0 radical (unpaired) electrons. The summed E-state index contributed by atoms with van der Waals surface area (Å²) >= 11 is 0. The van der Waals surface area contributed by atoms with E-state index >= 15 is 0 Å². The first kappa shape index (κ1) is 8.60. The Morgan fingerprint density at radius 3 is 2.91 bits per heavy atom. The molecule has 1 aliphatic rings. The minimum Gasteiger partial charge on any atom is -0.497 e. The molecule has 0 aromatic carbocycles. The molecule has 0 aromatic heterocycles. The molecule has 0 bridgehead atoms. The van der Waals surface area contributed by atoms with E-state index in [0.717, 1.165) is 12.4 Å². The van der Waals surface area contributed by atoms with Crippen molar-refractivity contribution in [1.82, 2.24) is 4.90 Å². The van der Waals surface area contributed by atoms with E-state index in [4.69, 9.17) is 4.74 Å². The fraction of sp³-hybridized carbons (Fsp3) is 0.778. The molecule has 1 rings (SSSR count). The van der Waals surface area contributed by atoms with Gasteiger partial charge < -0.3 is 9.64 Å². The number of likely N-dealkylation sites (tertiary alicyclic amines) is 1. The molecule has 1 saturated heterocycles. The molecule has 11 heavy (non-hydrogen) atoms. The molecule has 0 spiro atoms. The SMILES string of the molecule is C=C(C)OC[C@@H]1CCCN1C. The van der Waals surface area contributed by atoms with E-state index in [1.54, 1.807) is 0 Å². The van der Waals surface area contributed by atoms with Gasteiger partial charge in [0.05, 0.1) is 5.76 Å². The second-order valence-electron chi connectivity index (χ2n) is 3.29. The Morgan fingerprint density at radius 2 is 2.45 bits per heavy atom. The quantitative estimate of drug-likeness (QED) is 0.574. The van der Waals surface area contributed by atoms with Crippen molar-refractivity contribution in [3.8, 4) is 0 Å². The van der Waals surface area contributed by atoms with Gasteiger partial charge in [0, 0.05) is 6.04 Å². The number of hydrogen-bond acceptors (Lipinski definition) is 2. The molecule has 0 unspecified atom stereocenters. The Hall–Kier alpha value is -0.500. The van der Waals surface area contributed by atoms with Gasteiger partial charge in [0.2, 0.25) is 0 Å². The Labute approximate surface area is 68.8 Å². The number of hydrogen-bond donors (Lipinski definition) is 0. The highest BCUT2D eigenvalue weighted by Gasteiger charge is 2.20. The number of nitrogens with zero attached hydrogens (tertiary/aromatic N) is 1. The summed E-state index contributed by atoms with van der Waals surface area (Å²) in [7, 11) is 2.15. The van der Waals surface area contributed by atoms with Crippen molar-refractivity contribution in [2.24, 2.45) is 0 Å². The first-order valence-corrected chi connectivity index (χ1v) is 4.18. The van der Waals surface area contributed by atoms with Crippen molar-refractivity contribution in [3.05, 3.63) is 12.3 Å². The summed E-state index contributed by atoms with van der Waals surface area (Å²) in [5, 5.41) is 0. The van der Waals surface area contributed by atoms with Gasteiger partial charge in [-0.05, 0) is 33.4 Å². The first-order chi connectivity index (χ1) is 5.20. The van der Waals surface area contributed by atoms with Crippen molar-refractivity contribution in [1.29, 1.82) is 0 Å². The molecular weight excluding hydrogens is 138 g/mol. The van der Waals surface area contributed by atoms with Crippen LogP contribution in [0.4, 0.5) is 0 Å². The second kappa shape index (κ2) is 3.77. The van der Waals surface area contributed by atoms with Crippen LogP contribution in [-0.4, -0.2) is 31.1 Å². The van der Waals surface area contributed by atoms with Crippen LogP contribution in [0, 0.1) is 0 Å². The Bertz CT molecular complexity index is 144. The highest BCUT2D eigenvalue weighted by Crippen LogP contribution is 2.15. The smallest absolute Gasteiger partial charge is 0.103 e. The maximum Gasteiger partial charge on any atom is 0.103 e. The zero-order valence-corrected chi connectivity index (χ0v) is 7.47. The summed E-state index contributed by atoms with van der Waals surface area (Å²) in [6.07, 6.45) is 2.57. The van der Waals surface area contributed by atoms with Gasteiger partial charge in [-0.3, -0.25) is 0 Å². The van der Waals surface area contributed by atoms with Crippen LogP contribution < -0.4 is 0 Å². The van der Waals surface area contributed by atoms with Crippen molar-refractivity contribution in [3.63, 3.8) is 0 Å². The molecule has 0 saturated carbocycles. The molecule has 0 N–H and O–H groups in total. The minimum absolute atomic E-state index is 0.617. The van der Waals surface area contributed by atoms with E-state index in [9.17, 15) is 0 Å². The molecule has 0 amide bonds. The van der Waals surface area contributed by atoms with Gasteiger partial charge in [0.25, 0.3) is 0 Å². The third-order valence-electron chi connectivity index (χ3n) is 2.19. The lowest BCUT2D eigenvalue weighted by Gasteiger charge is -2.19. The molecule has 0 aromatic rings. The summed E-state index contributed by atoms with van der Waals surface area (Å²) in [5.74, 6) is 0.824. The summed E-state index contributed by atoms with van der Waals surface area (Å²) in [6.45, 7) is 7.62. The molecule has 1 aliphatic heterocycles. The maximum atomic E-state index is 5.36. The van der Waals surface area contributed by atoms with Gasteiger partial charge in [-0.1, -0.05) is 6.58 Å². The molecular formula is C9H17NO. The summed E-state index contributed by atoms with van der Waals surface area (Å²) in [4.78, 5) is 2.35. The Morgan fingerprint density at radius 1 is 1.73 bits per heavy atom. The van der Waals surface area contributed by atoms with Crippen molar-refractivity contribution < 1.29 is 4.74 Å². The van der Waals surface area contributed by atoms with Gasteiger partial charge in [0.15, 0.2) is 0 Å². The Balaban J connectivity index is 2.20. The highest BCUT2D eigenvalue weighted by molar-refractivity contribution is 4.80. The number of ether oxygens (including phenoxy) is 1. The number of likely N-dealkylation sites (N-methyl/N-ethyl adjacent to an activating group) is 1. The van der Waals surface area contributed by atoms with Gasteiger partial charge in [-0.15, -0.1) is 0 Å². The number of rotatable bonds is 3. The lowest BCUT2D eigenvalue weighted by molar-refractivity contribution is 0.141. The molecule has 1 atom stereocenters. The van der Waals surface area contributed by atoms with Crippen molar-refractivity contribution in [2.75, 3.05) is 20.2 Å². The van der Waals surface area contributed by atoms with Crippen LogP contribution in [0.1, 0.15) is 19.8 Å². The zero-order valence-electron chi connectivity index (χ0n) is 7.47. The average Bonchev–Trinajstić information content (AvgIpc) is 2.31. The largest absolute Gasteiger partial charge is 0.497 e. The molecule has 0 aliphatic carbocycles. The van der Waals surface area contributed by atoms with Crippen molar-refractivity contribution in [2.45, 2.75) is 25.8 Å². The van der Waals surface area contributed by atoms with E-state index < -0.39 is 0 Å². The van der Waals surface area contributed by atoms with E-state index in [1.807, 2.05) is 6.92 Å². The van der Waals surface area contributed by atoms with E-state index in [2.05, 4.69) is 18.5 Å². The standard InChI is InChI=1S/C9H17NO/c1-8(2)11-7-9-5-4-6-10(9)3/h9H,1,4-7H2,2-3H3/t9-/m0/s1. The van der Waals surface area contributed by atoms with E-state index in [-0.39, 0.29) is 0 Å². The fourth-order valence-corrected chi connectivity index (χ4v) is 1.43. The highest BCUT2D eigenvalue weighted by atomic mass is 16.5. The van der Waals surface area contributed by atoms with Gasteiger partial charge in [-0.25, -0.2) is 0 Å². The van der Waals surface area contributed by atoms with E-state index in [1.165, 1.54) is 19.4 Å². The molecule has 1 heterocycles. The molecule has 2 nitrogen and oxygen atoms in total. The fourth-order valence-electron chi connectivity index (χ4n) is 1.43. The third kappa shape index (κ3) is 2.54. The third-order valence-corrected chi connectivity index (χ3v) is 2.19. The normalized spacial score (nSPS) is 25.5. The molecule has 1 fully saturated rings. The zero-order chi connectivity index (χ0) is 8.27. The van der Waals surface area contributed by atoms with Gasteiger partial charge >= 0.3 is 0 Å². The summed E-state index contributed by atoms with van der Waals surface area (Å²) < 4.78 is 5.36. The van der Waals surface area contributed by atoms with Crippen LogP contribution in [0.3, 0.4) is 0 Å². The average molecular weight is 155 g/mol. The second-order valence-corrected chi connectivity index (χ2v) is 3.29. The predicted octanol–water partition coefficient (Wildman–Crippen LogP) is 1.63. The Kier molecular flexibility index (Phi) is 2.94. The maximum absolute atomic E-state index is 5.36. The van der Waals surface area contributed by atoms with Gasteiger partial charge in [-0.2, -0.15) is 0 Å². The first-order valence-electron chi connectivity index (χ1n) is 4.18. The minimum atomic E-state index is 0.617. The topological polar surface area (TPSA) is 12.5 Å². The number of allylic oxidation sites excluding steroid dienone is 1. The summed E-state index contributed by atoms with van der Waals surface area (Å²) in [5.41, 5.74) is 0. The molecule has 2 heteroatoms. The lowest BCUT2D eigenvalue weighted by atomic mass is 10.2. The van der Waals surface area contributed by atoms with Crippen LogP contribution >= 0.6 is 0 Å². The van der Waals surface area contributed by atoms with Crippen LogP contribution in [0.5, 0.6) is 0 Å². The van der Waals surface area contributed by atoms with Crippen LogP contribution in [0.25, 0.3) is 0 Å². The molecule has 64 valence electrons. The van der Waals surface area contributed by atoms with Crippen molar-refractivity contribution >= 4 is 0 Å². The van der Waals surface area contributed by atoms with Gasteiger partial charge in [0.1, 0.15) is 6.61 Å². The van der Waals surface area contributed by atoms with Crippen LogP contribution in [-0.2, 0) is 4.74 Å².